The predicted octanol–water partition coefficient (Wildman–Crippen LogP) is 0.997. The lowest BCUT2D eigenvalue weighted by Crippen LogP contribution is -2.42. The molecule has 1 aromatic rings. The van der Waals surface area contributed by atoms with Crippen LogP contribution in [-0.4, -0.2) is 57.9 Å². The van der Waals surface area contributed by atoms with E-state index in [9.17, 15) is 4.79 Å². The molecule has 0 radical (unpaired) electrons. The summed E-state index contributed by atoms with van der Waals surface area (Å²) < 4.78 is 0. The molecule has 1 aromatic heterocycles. The van der Waals surface area contributed by atoms with Crippen LogP contribution in [-0.2, 0) is 0 Å². The minimum atomic E-state index is -0.461. The van der Waals surface area contributed by atoms with Crippen LogP contribution in [0.5, 0.6) is 0 Å². The molecule has 1 saturated heterocycles. The van der Waals surface area contributed by atoms with E-state index in [0.29, 0.717) is 5.69 Å². The molecule has 1 aliphatic rings. The Balaban J connectivity index is 2.03. The average Bonchev–Trinajstić information content (AvgIpc) is 2.29. The number of hydrogen-bond donors (Lipinski definition) is 0. The van der Waals surface area contributed by atoms with Crippen LogP contribution in [0.4, 0.5) is 0 Å². The molecule has 0 aromatic carbocycles. The van der Waals surface area contributed by atoms with E-state index in [-0.39, 0.29) is 5.91 Å². The molecule has 4 nitrogen and oxygen atoms in total. The SMILES string of the molecule is CS1(C)CCN(C(=O)c2cnccn2)CC1. The third-order valence-electron chi connectivity index (χ3n) is 2.90. The highest BCUT2D eigenvalue weighted by molar-refractivity contribution is 8.32. The van der Waals surface area contributed by atoms with E-state index in [1.165, 1.54) is 6.20 Å². The Morgan fingerprint density at radius 1 is 1.31 bits per heavy atom. The van der Waals surface area contributed by atoms with Crippen molar-refractivity contribution >= 4 is 15.9 Å². The third kappa shape index (κ3) is 2.52. The van der Waals surface area contributed by atoms with Crippen molar-refractivity contribution in [2.75, 3.05) is 37.1 Å². The smallest absolute Gasteiger partial charge is 0.274 e. The zero-order chi connectivity index (χ0) is 11.6. The number of hydrogen-bond acceptors (Lipinski definition) is 3. The van der Waals surface area contributed by atoms with Crippen LogP contribution in [0, 0.1) is 0 Å². The Morgan fingerprint density at radius 2 is 2.00 bits per heavy atom. The summed E-state index contributed by atoms with van der Waals surface area (Å²) >= 11 is 0. The molecular formula is C11H17N3OS. The number of rotatable bonds is 1. The van der Waals surface area contributed by atoms with E-state index in [4.69, 9.17) is 0 Å². The van der Waals surface area contributed by atoms with Crippen LogP contribution in [0.1, 0.15) is 10.5 Å². The highest BCUT2D eigenvalue weighted by atomic mass is 32.3. The topological polar surface area (TPSA) is 46.1 Å². The first-order chi connectivity index (χ1) is 7.58. The molecule has 0 aliphatic carbocycles. The van der Waals surface area contributed by atoms with Gasteiger partial charge in [0.2, 0.25) is 0 Å². The fourth-order valence-electron chi connectivity index (χ4n) is 1.70. The Kier molecular flexibility index (Phi) is 3.14. The minimum absolute atomic E-state index is 0.0167. The summed E-state index contributed by atoms with van der Waals surface area (Å²) in [6.45, 7) is 1.72. The maximum absolute atomic E-state index is 12.0. The van der Waals surface area contributed by atoms with Gasteiger partial charge in [-0.15, -0.1) is 0 Å². The second-order valence-electron chi connectivity index (χ2n) is 4.56. The van der Waals surface area contributed by atoms with Gasteiger partial charge in [-0.1, -0.05) is 0 Å². The fraction of sp³-hybridized carbons (Fsp3) is 0.545. The van der Waals surface area contributed by atoms with Gasteiger partial charge in [0.25, 0.3) is 5.91 Å². The molecule has 2 heterocycles. The third-order valence-corrected chi connectivity index (χ3v) is 5.47. The molecule has 16 heavy (non-hydrogen) atoms. The highest BCUT2D eigenvalue weighted by Gasteiger charge is 2.25. The summed E-state index contributed by atoms with van der Waals surface area (Å²) in [5, 5.41) is 0. The molecule has 0 unspecified atom stereocenters. The van der Waals surface area contributed by atoms with Gasteiger partial charge in [0, 0.05) is 25.5 Å². The summed E-state index contributed by atoms with van der Waals surface area (Å²) in [4.78, 5) is 21.9. The van der Waals surface area contributed by atoms with Gasteiger partial charge in [-0.25, -0.2) is 15.0 Å². The lowest BCUT2D eigenvalue weighted by atomic mass is 10.3. The van der Waals surface area contributed by atoms with E-state index >= 15 is 0 Å². The zero-order valence-corrected chi connectivity index (χ0v) is 10.5. The molecule has 2 rings (SSSR count). The van der Waals surface area contributed by atoms with Crippen molar-refractivity contribution in [2.24, 2.45) is 0 Å². The second-order valence-corrected chi connectivity index (χ2v) is 8.91. The van der Waals surface area contributed by atoms with Gasteiger partial charge in [0.05, 0.1) is 6.20 Å². The van der Waals surface area contributed by atoms with Gasteiger partial charge >= 0.3 is 0 Å². The number of aromatic nitrogens is 2. The molecule has 1 amide bonds. The molecule has 0 N–H and O–H groups in total. The summed E-state index contributed by atoms with van der Waals surface area (Å²) in [6.07, 6.45) is 9.34. The molecule has 0 spiro atoms. The van der Waals surface area contributed by atoms with Gasteiger partial charge in [-0.2, -0.15) is 0 Å². The first kappa shape index (κ1) is 11.4. The van der Waals surface area contributed by atoms with Crippen molar-refractivity contribution in [3.63, 3.8) is 0 Å². The first-order valence-corrected chi connectivity index (χ1v) is 8.11. The molecule has 0 bridgehead atoms. The zero-order valence-electron chi connectivity index (χ0n) is 9.72. The monoisotopic (exact) mass is 239 g/mol. The number of carbonyl (C=O) groups is 1. The molecule has 5 heteroatoms. The number of nitrogens with zero attached hydrogens (tertiary/aromatic N) is 3. The Morgan fingerprint density at radius 3 is 2.56 bits per heavy atom. The van der Waals surface area contributed by atoms with E-state index in [0.717, 1.165) is 24.6 Å². The molecule has 0 atom stereocenters. The maximum atomic E-state index is 12.0. The van der Waals surface area contributed by atoms with Crippen LogP contribution in [0.15, 0.2) is 18.6 Å². The molecule has 1 fully saturated rings. The predicted molar refractivity (Wildman–Crippen MR) is 67.1 cm³/mol. The van der Waals surface area contributed by atoms with Crippen molar-refractivity contribution in [2.45, 2.75) is 0 Å². The van der Waals surface area contributed by atoms with Crippen molar-refractivity contribution in [1.29, 1.82) is 0 Å². The Labute approximate surface area is 97.4 Å². The van der Waals surface area contributed by atoms with Crippen molar-refractivity contribution in [3.05, 3.63) is 24.3 Å². The van der Waals surface area contributed by atoms with Crippen LogP contribution in [0.25, 0.3) is 0 Å². The van der Waals surface area contributed by atoms with E-state index in [2.05, 4.69) is 22.5 Å². The normalized spacial score (nSPS) is 21.5. The van der Waals surface area contributed by atoms with Crippen molar-refractivity contribution in [1.82, 2.24) is 14.9 Å². The minimum Gasteiger partial charge on any atom is -0.336 e. The maximum Gasteiger partial charge on any atom is 0.274 e. The fourth-order valence-corrected chi connectivity index (χ4v) is 3.34. The van der Waals surface area contributed by atoms with Gasteiger partial charge < -0.3 is 4.90 Å². The van der Waals surface area contributed by atoms with Gasteiger partial charge in [0.15, 0.2) is 0 Å². The van der Waals surface area contributed by atoms with Crippen molar-refractivity contribution in [3.8, 4) is 0 Å². The van der Waals surface area contributed by atoms with E-state index in [1.807, 2.05) is 4.90 Å². The highest BCUT2D eigenvalue weighted by Crippen LogP contribution is 2.41. The lowest BCUT2D eigenvalue weighted by molar-refractivity contribution is 0.0765. The number of carbonyl (C=O) groups excluding carboxylic acids is 1. The first-order valence-electron chi connectivity index (χ1n) is 5.32. The molecule has 88 valence electrons. The Hall–Kier alpha value is -1.10. The Bertz CT molecular complexity index is 370. The largest absolute Gasteiger partial charge is 0.336 e. The summed E-state index contributed by atoms with van der Waals surface area (Å²) in [5.41, 5.74) is 0.456. The van der Waals surface area contributed by atoms with Crippen LogP contribution >= 0.6 is 10.0 Å². The summed E-state index contributed by atoms with van der Waals surface area (Å²) in [5.74, 6) is 2.29. The summed E-state index contributed by atoms with van der Waals surface area (Å²) in [6, 6.07) is 0. The quantitative estimate of drug-likeness (QED) is 0.734. The standard InChI is InChI=1S/C11H17N3OS/c1-16(2)7-5-14(6-8-16)11(15)10-9-12-3-4-13-10/h3-4,9H,5-8H2,1-2H3. The average molecular weight is 239 g/mol. The molecule has 1 aliphatic heterocycles. The molecular weight excluding hydrogens is 222 g/mol. The van der Waals surface area contributed by atoms with Crippen molar-refractivity contribution < 1.29 is 4.79 Å². The van der Waals surface area contributed by atoms with Crippen LogP contribution in [0.3, 0.4) is 0 Å². The van der Waals surface area contributed by atoms with Crippen LogP contribution in [0.2, 0.25) is 0 Å². The molecule has 0 saturated carbocycles. The summed E-state index contributed by atoms with van der Waals surface area (Å²) in [7, 11) is -0.461. The van der Waals surface area contributed by atoms with E-state index < -0.39 is 10.0 Å². The second kappa shape index (κ2) is 4.41. The number of amides is 1. The van der Waals surface area contributed by atoms with Gasteiger partial charge in [-0.05, 0) is 24.0 Å². The van der Waals surface area contributed by atoms with Gasteiger partial charge in [-0.3, -0.25) is 9.78 Å². The van der Waals surface area contributed by atoms with E-state index in [1.54, 1.807) is 12.4 Å². The van der Waals surface area contributed by atoms with Crippen LogP contribution < -0.4 is 0 Å². The lowest BCUT2D eigenvalue weighted by Gasteiger charge is -2.40. The van der Waals surface area contributed by atoms with Gasteiger partial charge in [0.1, 0.15) is 5.69 Å².